The van der Waals surface area contributed by atoms with E-state index in [-0.39, 0.29) is 35.9 Å². The summed E-state index contributed by atoms with van der Waals surface area (Å²) in [5.74, 6) is -0.738. The maximum Gasteiger partial charge on any atom is 0.287 e. The summed E-state index contributed by atoms with van der Waals surface area (Å²) >= 11 is 0. The quantitative estimate of drug-likeness (QED) is 0.914. The first-order valence-electron chi connectivity index (χ1n) is 7.93. The first-order valence-corrected chi connectivity index (χ1v) is 7.93. The number of hydrogen-bond donors (Lipinski definition) is 1. The van der Waals surface area contributed by atoms with Crippen molar-refractivity contribution in [3.63, 3.8) is 0 Å². The molecule has 126 valence electrons. The van der Waals surface area contributed by atoms with E-state index in [1.165, 1.54) is 12.1 Å². The zero-order valence-electron chi connectivity index (χ0n) is 13.1. The summed E-state index contributed by atoms with van der Waals surface area (Å²) in [6.07, 6.45) is 5.25. The van der Waals surface area contributed by atoms with Gasteiger partial charge in [0.25, 0.3) is 5.91 Å². The predicted molar refractivity (Wildman–Crippen MR) is 85.4 cm³/mol. The van der Waals surface area contributed by atoms with E-state index in [0.717, 1.165) is 43.6 Å². The van der Waals surface area contributed by atoms with Crippen molar-refractivity contribution in [1.29, 1.82) is 0 Å². The van der Waals surface area contributed by atoms with Gasteiger partial charge in [0.2, 0.25) is 11.2 Å². The first-order chi connectivity index (χ1) is 11.6. The zero-order valence-corrected chi connectivity index (χ0v) is 13.1. The van der Waals surface area contributed by atoms with Gasteiger partial charge in [-0.2, -0.15) is 0 Å². The third-order valence-electron chi connectivity index (χ3n) is 4.02. The molecule has 24 heavy (non-hydrogen) atoms. The molecule has 1 saturated carbocycles. The second kappa shape index (κ2) is 7.29. The largest absolute Gasteiger partial charge is 0.482 e. The number of amides is 1. The van der Waals surface area contributed by atoms with Crippen molar-refractivity contribution in [2.24, 2.45) is 0 Å². The summed E-state index contributed by atoms with van der Waals surface area (Å²) in [4.78, 5) is 24.1. The van der Waals surface area contributed by atoms with Crippen molar-refractivity contribution >= 4 is 5.91 Å². The third-order valence-corrected chi connectivity index (χ3v) is 4.02. The molecule has 2 aromatic rings. The molecule has 0 saturated heterocycles. The lowest BCUT2D eigenvalue weighted by atomic mass is 10.2. The molecule has 1 aliphatic carbocycles. The van der Waals surface area contributed by atoms with E-state index in [1.807, 2.05) is 0 Å². The molecule has 1 heterocycles. The second-order valence-corrected chi connectivity index (χ2v) is 5.84. The number of halogens is 1. The minimum Gasteiger partial charge on any atom is -0.482 e. The van der Waals surface area contributed by atoms with E-state index in [0.29, 0.717) is 0 Å². The first kappa shape index (κ1) is 16.2. The fourth-order valence-electron chi connectivity index (χ4n) is 2.69. The predicted octanol–water partition coefficient (Wildman–Crippen LogP) is 3.03. The Morgan fingerprint density at radius 2 is 1.96 bits per heavy atom. The minimum atomic E-state index is -0.431. The number of hydrogen-bond acceptors (Lipinski definition) is 4. The van der Waals surface area contributed by atoms with Crippen LogP contribution in [0, 0.1) is 5.82 Å². The standard InChI is InChI=1S/C18H18FNO4/c19-13-7-5-12(6-8-13)10-23-17-11-24-16(9-15(17)21)18(22)20-14-3-1-2-4-14/h5-9,11,14H,1-4,10H2,(H,20,22). The Morgan fingerprint density at radius 3 is 2.62 bits per heavy atom. The van der Waals surface area contributed by atoms with Gasteiger partial charge in [-0.25, -0.2) is 4.39 Å². The van der Waals surface area contributed by atoms with Gasteiger partial charge in [-0.3, -0.25) is 9.59 Å². The summed E-state index contributed by atoms with van der Waals surface area (Å²) in [7, 11) is 0. The van der Waals surface area contributed by atoms with Gasteiger partial charge < -0.3 is 14.5 Å². The Labute approximate surface area is 138 Å². The topological polar surface area (TPSA) is 68.5 Å². The van der Waals surface area contributed by atoms with E-state index in [4.69, 9.17) is 9.15 Å². The highest BCUT2D eigenvalue weighted by Crippen LogP contribution is 2.18. The Balaban J connectivity index is 1.62. The summed E-state index contributed by atoms with van der Waals surface area (Å²) in [6, 6.07) is 7.05. The number of carbonyl (C=O) groups excluding carboxylic acids is 1. The molecule has 1 aromatic heterocycles. The molecule has 1 aliphatic rings. The van der Waals surface area contributed by atoms with Crippen molar-refractivity contribution in [2.45, 2.75) is 38.3 Å². The number of ether oxygens (including phenoxy) is 1. The molecular weight excluding hydrogens is 313 g/mol. The summed E-state index contributed by atoms with van der Waals surface area (Å²) in [5.41, 5.74) is 0.291. The van der Waals surface area contributed by atoms with Crippen LogP contribution < -0.4 is 15.5 Å². The maximum atomic E-state index is 12.8. The summed E-state index contributed by atoms with van der Waals surface area (Å²) < 4.78 is 23.4. The normalized spacial score (nSPS) is 14.5. The highest BCUT2D eigenvalue weighted by molar-refractivity contribution is 5.91. The molecule has 1 N–H and O–H groups in total. The highest BCUT2D eigenvalue weighted by atomic mass is 19.1. The van der Waals surface area contributed by atoms with Crippen molar-refractivity contribution in [3.8, 4) is 5.75 Å². The van der Waals surface area contributed by atoms with Gasteiger partial charge in [-0.1, -0.05) is 25.0 Å². The number of carbonyl (C=O) groups is 1. The molecule has 0 unspecified atom stereocenters. The Bertz CT molecular complexity index is 763. The molecule has 1 aromatic carbocycles. The Kier molecular flexibility index (Phi) is 4.93. The van der Waals surface area contributed by atoms with Gasteiger partial charge in [0.1, 0.15) is 18.7 Å². The lowest BCUT2D eigenvalue weighted by molar-refractivity contribution is 0.0906. The molecule has 0 spiro atoms. The van der Waals surface area contributed by atoms with Gasteiger partial charge in [0, 0.05) is 12.1 Å². The van der Waals surface area contributed by atoms with Crippen LogP contribution in [0.2, 0.25) is 0 Å². The van der Waals surface area contributed by atoms with Crippen molar-refractivity contribution in [3.05, 3.63) is 64.0 Å². The third kappa shape index (κ3) is 4.01. The van der Waals surface area contributed by atoms with Gasteiger partial charge in [-0.05, 0) is 30.5 Å². The van der Waals surface area contributed by atoms with Gasteiger partial charge >= 0.3 is 0 Å². The molecule has 5 nitrogen and oxygen atoms in total. The van der Waals surface area contributed by atoms with E-state index >= 15 is 0 Å². The maximum absolute atomic E-state index is 12.8. The van der Waals surface area contributed by atoms with Gasteiger partial charge in [-0.15, -0.1) is 0 Å². The van der Waals surface area contributed by atoms with Gasteiger partial charge in [0.15, 0.2) is 5.76 Å². The molecule has 0 bridgehead atoms. The van der Waals surface area contributed by atoms with Crippen LogP contribution in [0.3, 0.4) is 0 Å². The average molecular weight is 331 g/mol. The van der Waals surface area contributed by atoms with Crippen molar-refractivity contribution in [2.75, 3.05) is 0 Å². The number of benzene rings is 1. The van der Waals surface area contributed by atoms with E-state index in [9.17, 15) is 14.0 Å². The molecule has 3 rings (SSSR count). The molecular formula is C18H18FNO4. The van der Waals surface area contributed by atoms with Crippen LogP contribution >= 0.6 is 0 Å². The van der Waals surface area contributed by atoms with Crippen molar-refractivity contribution in [1.82, 2.24) is 5.32 Å². The van der Waals surface area contributed by atoms with Crippen LogP contribution in [-0.2, 0) is 6.61 Å². The van der Waals surface area contributed by atoms with Crippen LogP contribution in [0.25, 0.3) is 0 Å². The summed E-state index contributed by atoms with van der Waals surface area (Å²) in [5, 5.41) is 2.86. The van der Waals surface area contributed by atoms with Gasteiger partial charge in [0.05, 0.1) is 0 Å². The van der Waals surface area contributed by atoms with Crippen LogP contribution in [0.1, 0.15) is 41.8 Å². The lowest BCUT2D eigenvalue weighted by Gasteiger charge is -2.11. The Hall–Kier alpha value is -2.63. The van der Waals surface area contributed by atoms with Crippen LogP contribution in [-0.4, -0.2) is 11.9 Å². The lowest BCUT2D eigenvalue weighted by Crippen LogP contribution is -2.33. The SMILES string of the molecule is O=C(NC1CCCC1)c1cc(=O)c(OCc2ccc(F)cc2)co1. The second-order valence-electron chi connectivity index (χ2n) is 5.84. The van der Waals surface area contributed by atoms with Crippen LogP contribution in [0.4, 0.5) is 4.39 Å². The van der Waals surface area contributed by atoms with Crippen LogP contribution in [0.15, 0.2) is 45.8 Å². The molecule has 1 fully saturated rings. The zero-order chi connectivity index (χ0) is 16.9. The van der Waals surface area contributed by atoms with Crippen molar-refractivity contribution < 1.29 is 18.3 Å². The molecule has 0 aliphatic heterocycles. The molecule has 0 radical (unpaired) electrons. The molecule has 0 atom stereocenters. The highest BCUT2D eigenvalue weighted by Gasteiger charge is 2.20. The smallest absolute Gasteiger partial charge is 0.287 e. The fourth-order valence-corrected chi connectivity index (χ4v) is 2.69. The van der Waals surface area contributed by atoms with E-state index < -0.39 is 5.43 Å². The fraction of sp³-hybridized carbons (Fsp3) is 0.333. The molecule has 6 heteroatoms. The Morgan fingerprint density at radius 1 is 1.25 bits per heavy atom. The van der Waals surface area contributed by atoms with E-state index in [1.54, 1.807) is 12.1 Å². The monoisotopic (exact) mass is 331 g/mol. The van der Waals surface area contributed by atoms with Crippen LogP contribution in [0.5, 0.6) is 5.75 Å². The molecule has 1 amide bonds. The van der Waals surface area contributed by atoms with E-state index in [2.05, 4.69) is 5.32 Å². The minimum absolute atomic E-state index is 0.0109. The average Bonchev–Trinajstić information content (AvgIpc) is 3.08. The summed E-state index contributed by atoms with van der Waals surface area (Å²) in [6.45, 7) is 0.110. The number of nitrogens with one attached hydrogen (secondary N) is 1. The number of rotatable bonds is 5.